The number of benzene rings is 2. The van der Waals surface area contributed by atoms with Crippen LogP contribution in [0.2, 0.25) is 0 Å². The SMILES string of the molecule is Cc1cc(C)n(Cc2ccc(C(=O)Nc3cccc([N+](=O)[O-])c3C)cc2)n1. The standard InChI is InChI=1S/C20H20N4O3/c1-13-11-14(2)23(22-13)12-16-7-9-17(10-8-16)20(25)21-18-5-4-6-19(15(18)3)24(26)27/h4-11H,12H2,1-3H3,(H,21,25). The van der Waals surface area contributed by atoms with Crippen molar-refractivity contribution >= 4 is 17.3 Å². The van der Waals surface area contributed by atoms with E-state index >= 15 is 0 Å². The molecule has 0 radical (unpaired) electrons. The van der Waals surface area contributed by atoms with Crippen molar-refractivity contribution in [2.75, 3.05) is 5.32 Å². The van der Waals surface area contributed by atoms with Gasteiger partial charge in [-0.2, -0.15) is 5.10 Å². The van der Waals surface area contributed by atoms with Crippen LogP contribution in [0.4, 0.5) is 11.4 Å². The summed E-state index contributed by atoms with van der Waals surface area (Å²) >= 11 is 0. The minimum absolute atomic E-state index is 0.0203. The van der Waals surface area contributed by atoms with Crippen molar-refractivity contribution in [2.45, 2.75) is 27.3 Å². The second kappa shape index (κ2) is 7.41. The predicted octanol–water partition coefficient (Wildman–Crippen LogP) is 4.02. The highest BCUT2D eigenvalue weighted by molar-refractivity contribution is 6.04. The van der Waals surface area contributed by atoms with E-state index in [2.05, 4.69) is 10.4 Å². The number of anilines is 1. The van der Waals surface area contributed by atoms with Gasteiger partial charge in [0.05, 0.1) is 28.4 Å². The number of hydrogen-bond acceptors (Lipinski definition) is 4. The summed E-state index contributed by atoms with van der Waals surface area (Å²) in [7, 11) is 0. The molecule has 2 aromatic carbocycles. The van der Waals surface area contributed by atoms with E-state index < -0.39 is 4.92 Å². The van der Waals surface area contributed by atoms with Crippen molar-refractivity contribution in [3.8, 4) is 0 Å². The largest absolute Gasteiger partial charge is 0.321 e. The van der Waals surface area contributed by atoms with Gasteiger partial charge in [-0.15, -0.1) is 0 Å². The Morgan fingerprint density at radius 1 is 1.15 bits per heavy atom. The first-order chi connectivity index (χ1) is 12.8. The van der Waals surface area contributed by atoms with Crippen LogP contribution < -0.4 is 5.32 Å². The van der Waals surface area contributed by atoms with Crippen LogP contribution in [0.15, 0.2) is 48.5 Å². The Hall–Kier alpha value is -3.48. The molecular weight excluding hydrogens is 344 g/mol. The number of nitro groups is 1. The summed E-state index contributed by atoms with van der Waals surface area (Å²) in [5, 5.41) is 18.2. The fraction of sp³-hybridized carbons (Fsp3) is 0.200. The fourth-order valence-electron chi connectivity index (χ4n) is 2.92. The normalized spacial score (nSPS) is 10.6. The second-order valence-corrected chi connectivity index (χ2v) is 6.44. The summed E-state index contributed by atoms with van der Waals surface area (Å²) in [5.74, 6) is -0.309. The molecule has 0 aliphatic carbocycles. The molecule has 0 saturated carbocycles. The number of carbonyl (C=O) groups is 1. The van der Waals surface area contributed by atoms with E-state index in [1.165, 1.54) is 6.07 Å². The van der Waals surface area contributed by atoms with Gasteiger partial charge in [0.25, 0.3) is 11.6 Å². The van der Waals surface area contributed by atoms with Crippen LogP contribution >= 0.6 is 0 Å². The average molecular weight is 364 g/mol. The molecule has 0 aliphatic rings. The summed E-state index contributed by atoms with van der Waals surface area (Å²) < 4.78 is 1.91. The van der Waals surface area contributed by atoms with Gasteiger partial charge in [-0.1, -0.05) is 18.2 Å². The molecule has 1 N–H and O–H groups in total. The third-order valence-corrected chi connectivity index (χ3v) is 4.40. The number of nitro benzene ring substituents is 1. The van der Waals surface area contributed by atoms with Gasteiger partial charge >= 0.3 is 0 Å². The topological polar surface area (TPSA) is 90.1 Å². The van der Waals surface area contributed by atoms with E-state index in [0.29, 0.717) is 23.4 Å². The fourth-order valence-corrected chi connectivity index (χ4v) is 2.92. The minimum atomic E-state index is -0.460. The van der Waals surface area contributed by atoms with Gasteiger partial charge in [0.15, 0.2) is 0 Å². The summed E-state index contributed by atoms with van der Waals surface area (Å²) in [5.41, 5.74) is 4.40. The maximum atomic E-state index is 12.5. The zero-order chi connectivity index (χ0) is 19.6. The maximum absolute atomic E-state index is 12.5. The molecule has 1 amide bonds. The number of rotatable bonds is 5. The summed E-state index contributed by atoms with van der Waals surface area (Å²) in [4.78, 5) is 23.0. The third kappa shape index (κ3) is 4.03. The molecule has 7 nitrogen and oxygen atoms in total. The number of aromatic nitrogens is 2. The van der Waals surface area contributed by atoms with E-state index in [1.807, 2.05) is 36.7 Å². The van der Waals surface area contributed by atoms with Crippen molar-refractivity contribution in [1.82, 2.24) is 9.78 Å². The first kappa shape index (κ1) is 18.3. The van der Waals surface area contributed by atoms with Crippen LogP contribution in [-0.4, -0.2) is 20.6 Å². The average Bonchev–Trinajstić information content (AvgIpc) is 2.94. The molecule has 27 heavy (non-hydrogen) atoms. The Morgan fingerprint density at radius 3 is 2.44 bits per heavy atom. The van der Waals surface area contributed by atoms with Crippen LogP contribution in [-0.2, 0) is 6.54 Å². The number of nitrogens with zero attached hydrogens (tertiary/aromatic N) is 3. The van der Waals surface area contributed by atoms with E-state index in [0.717, 1.165) is 17.0 Å². The third-order valence-electron chi connectivity index (χ3n) is 4.40. The highest BCUT2D eigenvalue weighted by atomic mass is 16.6. The molecule has 0 fully saturated rings. The first-order valence-corrected chi connectivity index (χ1v) is 8.50. The zero-order valence-corrected chi connectivity index (χ0v) is 15.4. The Bertz CT molecular complexity index is 1010. The summed E-state index contributed by atoms with van der Waals surface area (Å²) in [6.07, 6.45) is 0. The van der Waals surface area contributed by atoms with E-state index in [-0.39, 0.29) is 11.6 Å². The lowest BCUT2D eigenvalue weighted by atomic mass is 10.1. The summed E-state index contributed by atoms with van der Waals surface area (Å²) in [6, 6.07) is 13.9. The first-order valence-electron chi connectivity index (χ1n) is 8.50. The molecular formula is C20H20N4O3. The van der Waals surface area contributed by atoms with Crippen LogP contribution in [0.1, 0.15) is 32.9 Å². The van der Waals surface area contributed by atoms with Gasteiger partial charge in [0, 0.05) is 17.3 Å². The second-order valence-electron chi connectivity index (χ2n) is 6.44. The molecule has 0 bridgehead atoms. The highest BCUT2D eigenvalue weighted by Crippen LogP contribution is 2.25. The van der Waals surface area contributed by atoms with Gasteiger partial charge in [0.1, 0.15) is 0 Å². The molecule has 3 rings (SSSR count). The molecule has 0 unspecified atom stereocenters. The lowest BCUT2D eigenvalue weighted by Gasteiger charge is -2.09. The number of amides is 1. The van der Waals surface area contributed by atoms with Crippen LogP contribution in [0.3, 0.4) is 0 Å². The van der Waals surface area contributed by atoms with Crippen molar-refractivity contribution in [1.29, 1.82) is 0 Å². The quantitative estimate of drug-likeness (QED) is 0.547. The van der Waals surface area contributed by atoms with Crippen molar-refractivity contribution in [3.63, 3.8) is 0 Å². The minimum Gasteiger partial charge on any atom is -0.321 e. The van der Waals surface area contributed by atoms with Gasteiger partial charge in [-0.05, 0) is 50.6 Å². The van der Waals surface area contributed by atoms with Gasteiger partial charge in [-0.25, -0.2) is 0 Å². The highest BCUT2D eigenvalue weighted by Gasteiger charge is 2.15. The molecule has 0 saturated heterocycles. The van der Waals surface area contributed by atoms with Crippen molar-refractivity contribution in [2.24, 2.45) is 0 Å². The van der Waals surface area contributed by atoms with Gasteiger partial charge in [-0.3, -0.25) is 19.6 Å². The van der Waals surface area contributed by atoms with Crippen molar-refractivity contribution < 1.29 is 9.72 Å². The molecule has 7 heteroatoms. The Balaban J connectivity index is 1.74. The molecule has 1 heterocycles. The predicted molar refractivity (Wildman–Crippen MR) is 103 cm³/mol. The molecule has 0 atom stereocenters. The molecule has 138 valence electrons. The van der Waals surface area contributed by atoms with Crippen LogP contribution in [0.5, 0.6) is 0 Å². The Labute approximate surface area is 156 Å². The lowest BCUT2D eigenvalue weighted by Crippen LogP contribution is -2.13. The molecule has 0 spiro atoms. The number of nitrogens with one attached hydrogen (secondary N) is 1. The smallest absolute Gasteiger partial charge is 0.274 e. The van der Waals surface area contributed by atoms with E-state index in [9.17, 15) is 14.9 Å². The Kier molecular flexibility index (Phi) is 5.03. The lowest BCUT2D eigenvalue weighted by molar-refractivity contribution is -0.385. The van der Waals surface area contributed by atoms with Gasteiger partial charge in [0.2, 0.25) is 0 Å². The maximum Gasteiger partial charge on any atom is 0.274 e. The Morgan fingerprint density at radius 2 is 1.85 bits per heavy atom. The molecule has 0 aliphatic heterocycles. The molecule has 1 aromatic heterocycles. The zero-order valence-electron chi connectivity index (χ0n) is 15.4. The van der Waals surface area contributed by atoms with E-state index in [1.54, 1.807) is 31.2 Å². The number of carbonyl (C=O) groups excluding carboxylic acids is 1. The number of aryl methyl sites for hydroxylation is 2. The van der Waals surface area contributed by atoms with Crippen LogP contribution in [0.25, 0.3) is 0 Å². The monoisotopic (exact) mass is 364 g/mol. The van der Waals surface area contributed by atoms with Gasteiger partial charge < -0.3 is 5.32 Å². The van der Waals surface area contributed by atoms with Crippen molar-refractivity contribution in [3.05, 3.63) is 86.7 Å². The van der Waals surface area contributed by atoms with Crippen LogP contribution in [0, 0.1) is 30.9 Å². The van der Waals surface area contributed by atoms with E-state index in [4.69, 9.17) is 0 Å². The number of hydrogen-bond donors (Lipinski definition) is 1. The molecule has 3 aromatic rings. The summed E-state index contributed by atoms with van der Waals surface area (Å²) in [6.45, 7) is 6.20.